The predicted molar refractivity (Wildman–Crippen MR) is 75.2 cm³/mol. The number of fused-ring (bicyclic) bond motifs is 1. The second-order valence-corrected chi connectivity index (χ2v) is 5.40. The minimum Gasteiger partial charge on any atom is -0.497 e. The van der Waals surface area contributed by atoms with Crippen molar-refractivity contribution in [2.45, 2.75) is 31.8 Å². The van der Waals surface area contributed by atoms with Crippen molar-refractivity contribution < 1.29 is 14.6 Å². The lowest BCUT2D eigenvalue weighted by Gasteiger charge is -2.32. The molecule has 1 aliphatic rings. The number of aliphatic hydroxyl groups excluding tert-OH is 1. The summed E-state index contributed by atoms with van der Waals surface area (Å²) in [5, 5.41) is 9.54. The molecule has 5 nitrogen and oxygen atoms in total. The van der Waals surface area contributed by atoms with Gasteiger partial charge in [0.15, 0.2) is 0 Å². The van der Waals surface area contributed by atoms with Gasteiger partial charge < -0.3 is 20.0 Å². The number of carbonyl (C=O) groups is 1. The number of nitrogens with zero attached hydrogens (tertiary/aromatic N) is 1. The van der Waals surface area contributed by atoms with Crippen molar-refractivity contribution in [2.75, 3.05) is 7.11 Å². The van der Waals surface area contributed by atoms with Crippen LogP contribution in [0.3, 0.4) is 0 Å². The number of primary amides is 1. The van der Waals surface area contributed by atoms with Crippen LogP contribution >= 0.6 is 0 Å². The molecule has 5 heteroatoms. The number of hydrogen-bond acceptors (Lipinski definition) is 3. The number of carbonyl (C=O) groups excluding carboxylic acids is 1. The standard InChI is InChI=1S/C15H18N2O3/c1-8-13(9-5-10(18)6-9)12-7-11(20-2)3-4-17(12)14(8)15(16)19/h3-4,7,9-10,18H,5-6H2,1-2H3,(H2,16,19). The highest BCUT2D eigenvalue weighted by molar-refractivity contribution is 5.95. The first kappa shape index (κ1) is 13.0. The van der Waals surface area contributed by atoms with Crippen LogP contribution in [-0.2, 0) is 0 Å². The van der Waals surface area contributed by atoms with E-state index in [2.05, 4.69) is 0 Å². The molecule has 1 fully saturated rings. The predicted octanol–water partition coefficient (Wildman–Crippen LogP) is 1.59. The molecule has 106 valence electrons. The van der Waals surface area contributed by atoms with E-state index in [0.717, 1.165) is 35.2 Å². The lowest BCUT2D eigenvalue weighted by Crippen LogP contribution is -2.26. The molecule has 0 aromatic carbocycles. The van der Waals surface area contributed by atoms with E-state index in [-0.39, 0.29) is 12.0 Å². The van der Waals surface area contributed by atoms with Crippen LogP contribution < -0.4 is 10.5 Å². The first-order valence-electron chi connectivity index (χ1n) is 6.69. The second-order valence-electron chi connectivity index (χ2n) is 5.40. The van der Waals surface area contributed by atoms with Gasteiger partial charge in [-0.3, -0.25) is 4.79 Å². The first-order valence-corrected chi connectivity index (χ1v) is 6.69. The minimum absolute atomic E-state index is 0.239. The Balaban J connectivity index is 2.25. The first-order chi connectivity index (χ1) is 9.52. The van der Waals surface area contributed by atoms with E-state index in [1.165, 1.54) is 0 Å². The highest BCUT2D eigenvalue weighted by atomic mass is 16.5. The summed E-state index contributed by atoms with van der Waals surface area (Å²) in [5.41, 5.74) is 8.97. The van der Waals surface area contributed by atoms with Crippen molar-refractivity contribution in [2.24, 2.45) is 5.73 Å². The molecule has 0 aliphatic heterocycles. The van der Waals surface area contributed by atoms with Crippen LogP contribution in [-0.4, -0.2) is 28.6 Å². The quantitative estimate of drug-likeness (QED) is 0.892. The van der Waals surface area contributed by atoms with E-state index < -0.39 is 5.91 Å². The number of rotatable bonds is 3. The van der Waals surface area contributed by atoms with E-state index in [4.69, 9.17) is 10.5 Å². The number of pyridine rings is 1. The van der Waals surface area contributed by atoms with Crippen molar-refractivity contribution in [3.63, 3.8) is 0 Å². The number of ether oxygens (including phenoxy) is 1. The van der Waals surface area contributed by atoms with Crippen molar-refractivity contribution >= 4 is 11.4 Å². The van der Waals surface area contributed by atoms with Crippen molar-refractivity contribution in [3.05, 3.63) is 35.2 Å². The second kappa shape index (κ2) is 4.52. The minimum atomic E-state index is -0.436. The Bertz CT molecular complexity index is 684. The molecule has 1 aliphatic carbocycles. The zero-order chi connectivity index (χ0) is 14.4. The van der Waals surface area contributed by atoms with Crippen LogP contribution in [0.4, 0.5) is 0 Å². The Morgan fingerprint density at radius 2 is 2.20 bits per heavy atom. The van der Waals surface area contributed by atoms with Gasteiger partial charge in [-0.2, -0.15) is 0 Å². The monoisotopic (exact) mass is 274 g/mol. The Hall–Kier alpha value is -2.01. The lowest BCUT2D eigenvalue weighted by atomic mass is 9.76. The Labute approximate surface area is 117 Å². The van der Waals surface area contributed by atoms with Crippen molar-refractivity contribution in [1.29, 1.82) is 0 Å². The molecular formula is C15H18N2O3. The smallest absolute Gasteiger partial charge is 0.265 e. The lowest BCUT2D eigenvalue weighted by molar-refractivity contribution is 0.0749. The summed E-state index contributed by atoms with van der Waals surface area (Å²) in [6, 6.07) is 3.72. The van der Waals surface area contributed by atoms with E-state index in [0.29, 0.717) is 5.69 Å². The number of amides is 1. The molecule has 3 N–H and O–H groups in total. The van der Waals surface area contributed by atoms with Gasteiger partial charge in [-0.05, 0) is 42.9 Å². The summed E-state index contributed by atoms with van der Waals surface area (Å²) < 4.78 is 7.08. The van der Waals surface area contributed by atoms with Gasteiger partial charge in [0.05, 0.1) is 18.7 Å². The van der Waals surface area contributed by atoms with Crippen LogP contribution in [0.15, 0.2) is 18.3 Å². The fourth-order valence-corrected chi connectivity index (χ4v) is 3.15. The average Bonchev–Trinajstić information content (AvgIpc) is 2.66. The third-order valence-electron chi connectivity index (χ3n) is 4.19. The largest absolute Gasteiger partial charge is 0.497 e. The number of methoxy groups -OCH3 is 1. The van der Waals surface area contributed by atoms with Crippen molar-refractivity contribution in [1.82, 2.24) is 4.40 Å². The van der Waals surface area contributed by atoms with Crippen LogP contribution in [0, 0.1) is 6.92 Å². The molecule has 1 amide bonds. The summed E-state index contributed by atoms with van der Waals surface area (Å²) >= 11 is 0. The average molecular weight is 274 g/mol. The van der Waals surface area contributed by atoms with Gasteiger partial charge >= 0.3 is 0 Å². The molecule has 0 spiro atoms. The van der Waals surface area contributed by atoms with Crippen LogP contribution in [0.2, 0.25) is 0 Å². The fourth-order valence-electron chi connectivity index (χ4n) is 3.15. The maximum Gasteiger partial charge on any atom is 0.265 e. The summed E-state index contributed by atoms with van der Waals surface area (Å²) in [7, 11) is 1.61. The van der Waals surface area contributed by atoms with Gasteiger partial charge in [0, 0.05) is 12.3 Å². The third-order valence-corrected chi connectivity index (χ3v) is 4.19. The molecule has 20 heavy (non-hydrogen) atoms. The van der Waals surface area contributed by atoms with Crippen molar-refractivity contribution in [3.8, 4) is 5.75 Å². The highest BCUT2D eigenvalue weighted by Gasteiger charge is 2.33. The molecule has 3 rings (SSSR count). The molecule has 2 aromatic rings. The van der Waals surface area contributed by atoms with E-state index in [1.54, 1.807) is 19.4 Å². The number of nitrogens with two attached hydrogens (primary N) is 1. The zero-order valence-electron chi connectivity index (χ0n) is 11.6. The molecule has 2 heterocycles. The Morgan fingerprint density at radius 1 is 1.50 bits per heavy atom. The zero-order valence-corrected chi connectivity index (χ0v) is 11.6. The van der Waals surface area contributed by atoms with Gasteiger partial charge in [0.1, 0.15) is 11.4 Å². The SMILES string of the molecule is COc1ccn2c(C(N)=O)c(C)c(C3CC(O)C3)c2c1. The molecule has 0 radical (unpaired) electrons. The van der Waals surface area contributed by atoms with Crippen LogP contribution in [0.25, 0.3) is 5.52 Å². The third kappa shape index (κ3) is 1.78. The maximum atomic E-state index is 11.7. The number of hydrogen-bond donors (Lipinski definition) is 2. The summed E-state index contributed by atoms with van der Waals surface area (Å²) in [4.78, 5) is 11.7. The fraction of sp³-hybridized carbons (Fsp3) is 0.400. The van der Waals surface area contributed by atoms with Crippen LogP contribution in [0.5, 0.6) is 5.75 Å². The van der Waals surface area contributed by atoms with Gasteiger partial charge in [-0.1, -0.05) is 0 Å². The molecule has 1 saturated carbocycles. The molecule has 0 bridgehead atoms. The number of aliphatic hydroxyl groups is 1. The van der Waals surface area contributed by atoms with E-state index in [9.17, 15) is 9.90 Å². The molecule has 0 atom stereocenters. The summed E-state index contributed by atoms with van der Waals surface area (Å²) in [6.07, 6.45) is 3.03. The van der Waals surface area contributed by atoms with Gasteiger partial charge in [-0.25, -0.2) is 0 Å². The summed E-state index contributed by atoms with van der Waals surface area (Å²) in [5.74, 6) is 0.584. The van der Waals surface area contributed by atoms with E-state index in [1.807, 2.05) is 17.4 Å². The van der Waals surface area contributed by atoms with Gasteiger partial charge in [-0.15, -0.1) is 0 Å². The van der Waals surface area contributed by atoms with Gasteiger partial charge in [0.2, 0.25) is 0 Å². The summed E-state index contributed by atoms with van der Waals surface area (Å²) in [6.45, 7) is 1.92. The van der Waals surface area contributed by atoms with Gasteiger partial charge in [0.25, 0.3) is 5.91 Å². The normalized spacial score (nSPS) is 21.8. The highest BCUT2D eigenvalue weighted by Crippen LogP contribution is 2.42. The molecule has 2 aromatic heterocycles. The van der Waals surface area contributed by atoms with Crippen LogP contribution in [0.1, 0.15) is 40.4 Å². The molecular weight excluding hydrogens is 256 g/mol. The maximum absolute atomic E-state index is 11.7. The van der Waals surface area contributed by atoms with E-state index >= 15 is 0 Å². The molecule has 0 unspecified atom stereocenters. The Kier molecular flexibility index (Phi) is 2.94. The molecule has 0 saturated heterocycles. The Morgan fingerprint density at radius 3 is 2.75 bits per heavy atom. The topological polar surface area (TPSA) is 77.0 Å². The number of aromatic nitrogens is 1.